The molecule has 1 aromatic rings. The Balaban J connectivity index is 1.69. The van der Waals surface area contributed by atoms with E-state index in [0.717, 1.165) is 18.4 Å². The van der Waals surface area contributed by atoms with E-state index in [4.69, 9.17) is 0 Å². The number of benzene rings is 1. The predicted molar refractivity (Wildman–Crippen MR) is 71.8 cm³/mol. The Morgan fingerprint density at radius 2 is 1.95 bits per heavy atom. The fourth-order valence-electron chi connectivity index (χ4n) is 2.93. The molecule has 1 fully saturated rings. The highest BCUT2D eigenvalue weighted by Crippen LogP contribution is 2.33. The molecular formula is C15H16N2O3. The third kappa shape index (κ3) is 2.31. The lowest BCUT2D eigenvalue weighted by molar-refractivity contribution is -0.137. The molecule has 2 aliphatic rings. The molecule has 0 aromatic heterocycles. The third-order valence-corrected chi connectivity index (χ3v) is 4.01. The lowest BCUT2D eigenvalue weighted by Crippen LogP contribution is -2.53. The van der Waals surface area contributed by atoms with Gasteiger partial charge in [0.05, 0.1) is 5.92 Å². The van der Waals surface area contributed by atoms with E-state index in [9.17, 15) is 14.4 Å². The predicted octanol–water partition coefficient (Wildman–Crippen LogP) is 0.638. The quantitative estimate of drug-likeness (QED) is 0.776. The summed E-state index contributed by atoms with van der Waals surface area (Å²) in [5.41, 5.74) is 2.26. The molecule has 1 heterocycles. The summed E-state index contributed by atoms with van der Waals surface area (Å²) in [6.45, 7) is 0. The third-order valence-electron chi connectivity index (χ3n) is 4.01. The van der Waals surface area contributed by atoms with Crippen LogP contribution in [0.4, 0.5) is 0 Å². The Hall–Kier alpha value is -2.17. The van der Waals surface area contributed by atoms with E-state index >= 15 is 0 Å². The van der Waals surface area contributed by atoms with Crippen LogP contribution < -0.4 is 10.6 Å². The number of aryl methyl sites for hydroxylation is 1. The van der Waals surface area contributed by atoms with Gasteiger partial charge in [0.15, 0.2) is 0 Å². The molecule has 20 heavy (non-hydrogen) atoms. The molecule has 3 amide bonds. The normalized spacial score (nSPS) is 25.0. The van der Waals surface area contributed by atoms with Crippen LogP contribution in [0, 0.1) is 0 Å². The summed E-state index contributed by atoms with van der Waals surface area (Å²) in [6, 6.07) is 7.31. The Kier molecular flexibility index (Phi) is 3.26. The van der Waals surface area contributed by atoms with Crippen molar-refractivity contribution in [1.82, 2.24) is 10.6 Å². The van der Waals surface area contributed by atoms with Gasteiger partial charge in [-0.05, 0) is 30.4 Å². The molecule has 0 radical (unpaired) electrons. The van der Waals surface area contributed by atoms with Crippen LogP contribution in [0.25, 0.3) is 0 Å². The van der Waals surface area contributed by atoms with Crippen LogP contribution in [0.2, 0.25) is 0 Å². The zero-order chi connectivity index (χ0) is 14.1. The number of nitrogens with one attached hydrogen (secondary N) is 2. The van der Waals surface area contributed by atoms with E-state index in [1.165, 1.54) is 5.56 Å². The minimum Gasteiger partial charge on any atom is -0.344 e. The maximum Gasteiger partial charge on any atom is 0.249 e. The van der Waals surface area contributed by atoms with Gasteiger partial charge in [0.2, 0.25) is 17.7 Å². The van der Waals surface area contributed by atoms with Crippen molar-refractivity contribution in [3.8, 4) is 0 Å². The minimum absolute atomic E-state index is 0.121. The average molecular weight is 272 g/mol. The van der Waals surface area contributed by atoms with E-state index in [-0.39, 0.29) is 24.2 Å². The molecule has 1 aliphatic heterocycles. The molecule has 1 aliphatic carbocycles. The lowest BCUT2D eigenvalue weighted by atomic mass is 9.99. The summed E-state index contributed by atoms with van der Waals surface area (Å²) in [4.78, 5) is 35.1. The van der Waals surface area contributed by atoms with E-state index in [0.29, 0.717) is 6.42 Å². The van der Waals surface area contributed by atoms with Gasteiger partial charge in [-0.1, -0.05) is 24.3 Å². The van der Waals surface area contributed by atoms with Crippen LogP contribution >= 0.6 is 0 Å². The zero-order valence-corrected chi connectivity index (χ0v) is 11.0. The van der Waals surface area contributed by atoms with Crippen molar-refractivity contribution >= 4 is 17.7 Å². The van der Waals surface area contributed by atoms with Gasteiger partial charge in [-0.3, -0.25) is 19.7 Å². The summed E-state index contributed by atoms with van der Waals surface area (Å²) in [5.74, 6) is -0.978. The second-order valence-electron chi connectivity index (χ2n) is 5.30. The highest BCUT2D eigenvalue weighted by atomic mass is 16.2. The van der Waals surface area contributed by atoms with E-state index < -0.39 is 11.9 Å². The van der Waals surface area contributed by atoms with Gasteiger partial charge >= 0.3 is 0 Å². The number of rotatable bonds is 2. The van der Waals surface area contributed by atoms with Crippen LogP contribution in [-0.4, -0.2) is 23.8 Å². The molecular weight excluding hydrogens is 256 g/mol. The molecule has 2 N–H and O–H groups in total. The smallest absolute Gasteiger partial charge is 0.249 e. The summed E-state index contributed by atoms with van der Waals surface area (Å²) < 4.78 is 0. The summed E-state index contributed by atoms with van der Waals surface area (Å²) in [5, 5.41) is 5.02. The van der Waals surface area contributed by atoms with E-state index in [2.05, 4.69) is 10.6 Å². The first-order valence-electron chi connectivity index (χ1n) is 6.87. The first-order valence-corrected chi connectivity index (χ1v) is 6.87. The molecule has 5 heteroatoms. The molecule has 0 bridgehead atoms. The number of amides is 3. The molecule has 1 aromatic carbocycles. The van der Waals surface area contributed by atoms with Gasteiger partial charge in [0.25, 0.3) is 0 Å². The molecule has 104 valence electrons. The van der Waals surface area contributed by atoms with Crippen molar-refractivity contribution in [1.29, 1.82) is 0 Å². The molecule has 2 atom stereocenters. The number of carbonyl (C=O) groups excluding carboxylic acids is 3. The van der Waals surface area contributed by atoms with Crippen molar-refractivity contribution in [3.63, 3.8) is 0 Å². The average Bonchev–Trinajstić information content (AvgIpc) is 2.86. The Morgan fingerprint density at radius 3 is 2.75 bits per heavy atom. The van der Waals surface area contributed by atoms with Crippen LogP contribution in [-0.2, 0) is 20.8 Å². The fraction of sp³-hybridized carbons (Fsp3) is 0.400. The Bertz CT molecular complexity index is 582. The molecule has 5 nitrogen and oxygen atoms in total. The van der Waals surface area contributed by atoms with Gasteiger partial charge in [0, 0.05) is 6.42 Å². The van der Waals surface area contributed by atoms with Gasteiger partial charge in [-0.25, -0.2) is 0 Å². The number of imide groups is 1. The number of hydrogen-bond acceptors (Lipinski definition) is 3. The van der Waals surface area contributed by atoms with Gasteiger partial charge in [-0.2, -0.15) is 0 Å². The van der Waals surface area contributed by atoms with Crippen molar-refractivity contribution in [2.24, 2.45) is 0 Å². The van der Waals surface area contributed by atoms with Crippen LogP contribution in [0.5, 0.6) is 0 Å². The summed E-state index contributed by atoms with van der Waals surface area (Å²) >= 11 is 0. The highest BCUT2D eigenvalue weighted by Gasteiger charge is 2.33. The topological polar surface area (TPSA) is 75.3 Å². The van der Waals surface area contributed by atoms with Crippen LogP contribution in [0.1, 0.15) is 36.3 Å². The maximum atomic E-state index is 12.3. The SMILES string of the molecule is O=C1CC[C@@H](NC(=O)C2CCc3ccccc32)C(=O)N1. The molecule has 3 rings (SSSR count). The molecule has 0 spiro atoms. The number of fused-ring (bicyclic) bond motifs is 1. The highest BCUT2D eigenvalue weighted by molar-refractivity contribution is 6.02. The van der Waals surface area contributed by atoms with Crippen molar-refractivity contribution in [3.05, 3.63) is 35.4 Å². The fourth-order valence-corrected chi connectivity index (χ4v) is 2.93. The first-order chi connectivity index (χ1) is 9.65. The minimum atomic E-state index is -0.590. The van der Waals surface area contributed by atoms with Gasteiger partial charge in [-0.15, -0.1) is 0 Å². The van der Waals surface area contributed by atoms with Crippen molar-refractivity contribution in [2.45, 2.75) is 37.6 Å². The molecule has 1 saturated heterocycles. The standard InChI is InChI=1S/C15H16N2O3/c18-13-8-7-12(15(20)17-13)16-14(19)11-6-5-9-3-1-2-4-10(9)11/h1-4,11-12H,5-8H2,(H,16,19)(H,17,18,20)/t11?,12-/m1/s1. The monoisotopic (exact) mass is 272 g/mol. The van der Waals surface area contributed by atoms with Gasteiger partial charge < -0.3 is 5.32 Å². The molecule has 1 unspecified atom stereocenters. The Labute approximate surface area is 116 Å². The number of piperidine rings is 1. The largest absolute Gasteiger partial charge is 0.344 e. The van der Waals surface area contributed by atoms with Crippen LogP contribution in [0.3, 0.4) is 0 Å². The van der Waals surface area contributed by atoms with Crippen molar-refractivity contribution < 1.29 is 14.4 Å². The van der Waals surface area contributed by atoms with E-state index in [1.54, 1.807) is 0 Å². The van der Waals surface area contributed by atoms with Crippen LogP contribution in [0.15, 0.2) is 24.3 Å². The lowest BCUT2D eigenvalue weighted by Gasteiger charge is -2.23. The summed E-state index contributed by atoms with van der Waals surface area (Å²) in [7, 11) is 0. The second-order valence-corrected chi connectivity index (χ2v) is 5.30. The zero-order valence-electron chi connectivity index (χ0n) is 11.0. The Morgan fingerprint density at radius 1 is 1.15 bits per heavy atom. The molecule has 0 saturated carbocycles. The number of hydrogen-bond donors (Lipinski definition) is 2. The summed E-state index contributed by atoms with van der Waals surface area (Å²) in [6.07, 6.45) is 2.32. The second kappa shape index (κ2) is 5.07. The van der Waals surface area contributed by atoms with Crippen molar-refractivity contribution in [2.75, 3.05) is 0 Å². The number of carbonyl (C=O) groups is 3. The first kappa shape index (κ1) is 12.8. The van der Waals surface area contributed by atoms with Gasteiger partial charge in [0.1, 0.15) is 6.04 Å². The van der Waals surface area contributed by atoms with E-state index in [1.807, 2.05) is 24.3 Å². The maximum absolute atomic E-state index is 12.3.